The van der Waals surface area contributed by atoms with Crippen LogP contribution in [0.2, 0.25) is 0 Å². The number of carbonyl (C=O) groups excluding carboxylic acids is 1. The summed E-state index contributed by atoms with van der Waals surface area (Å²) in [4.78, 5) is 24.8. The lowest BCUT2D eigenvalue weighted by Gasteiger charge is -2.22. The molecule has 0 radical (unpaired) electrons. The molecule has 0 saturated heterocycles. The number of hydrogen-bond acceptors (Lipinski definition) is 9. The number of likely N-dealkylation sites (N-methyl/N-ethyl adjacent to an activating group) is 1. The zero-order valence-electron chi connectivity index (χ0n) is 26.9. The molecule has 0 unspecified atom stereocenters. The second-order valence-electron chi connectivity index (χ2n) is 12.3. The van der Waals surface area contributed by atoms with E-state index >= 15 is 0 Å². The first-order valence-corrected chi connectivity index (χ1v) is 17.2. The van der Waals surface area contributed by atoms with E-state index in [1.54, 1.807) is 42.6 Å². The predicted molar refractivity (Wildman–Crippen MR) is 181 cm³/mol. The third-order valence-corrected chi connectivity index (χ3v) is 9.84. The Kier molecular flexibility index (Phi) is 9.51. The summed E-state index contributed by atoms with van der Waals surface area (Å²) in [6.07, 6.45) is -1.65. The van der Waals surface area contributed by atoms with Crippen LogP contribution in [0, 0.1) is 0 Å². The minimum absolute atomic E-state index is 0.130. The molecule has 6 rings (SSSR count). The topological polar surface area (TPSA) is 138 Å². The third-order valence-electron chi connectivity index (χ3n) is 8.38. The quantitative estimate of drug-likeness (QED) is 0.185. The third kappa shape index (κ3) is 7.79. The van der Waals surface area contributed by atoms with E-state index in [1.807, 2.05) is 19.0 Å². The number of aromatic nitrogens is 2. The molecule has 1 fully saturated rings. The zero-order valence-corrected chi connectivity index (χ0v) is 27.7. The summed E-state index contributed by atoms with van der Waals surface area (Å²) in [5, 5.41) is 9.22. The van der Waals surface area contributed by atoms with Crippen LogP contribution < -0.4 is 25.4 Å². The van der Waals surface area contributed by atoms with Crippen LogP contribution in [0.15, 0.2) is 77.8 Å². The first-order chi connectivity index (χ1) is 23.3. The van der Waals surface area contributed by atoms with Crippen molar-refractivity contribution in [1.82, 2.24) is 19.6 Å². The van der Waals surface area contributed by atoms with Gasteiger partial charge in [0, 0.05) is 48.3 Å². The van der Waals surface area contributed by atoms with Gasteiger partial charge in [0.25, 0.3) is 0 Å². The van der Waals surface area contributed by atoms with Gasteiger partial charge in [0.05, 0.1) is 15.9 Å². The van der Waals surface area contributed by atoms with Gasteiger partial charge in [-0.2, -0.15) is 18.2 Å². The average molecular weight is 696 g/mol. The molecule has 15 heteroatoms. The Hall–Kier alpha value is -4.73. The van der Waals surface area contributed by atoms with Crippen molar-refractivity contribution in [3.05, 3.63) is 84.1 Å². The second-order valence-corrected chi connectivity index (χ2v) is 14.0. The average Bonchev–Trinajstić information content (AvgIpc) is 3.87. The largest absolute Gasteiger partial charge is 0.492 e. The minimum Gasteiger partial charge on any atom is -0.492 e. The molecule has 1 aromatic heterocycles. The number of rotatable bonds is 8. The van der Waals surface area contributed by atoms with E-state index < -0.39 is 33.1 Å². The summed E-state index contributed by atoms with van der Waals surface area (Å²) in [6.45, 7) is 1.47. The maximum Gasteiger partial charge on any atom is 0.416 e. The number of sulfonamides is 1. The van der Waals surface area contributed by atoms with E-state index in [-0.39, 0.29) is 35.3 Å². The maximum atomic E-state index is 13.7. The fraction of sp³-hybridized carbons (Fsp3) is 0.324. The molecule has 4 bridgehead atoms. The fourth-order valence-corrected chi connectivity index (χ4v) is 6.63. The molecular formula is C34H36F3N7O4S. The highest BCUT2D eigenvalue weighted by Crippen LogP contribution is 2.53. The Labute approximate surface area is 282 Å². The highest BCUT2D eigenvalue weighted by molar-refractivity contribution is 7.89. The van der Waals surface area contributed by atoms with Crippen molar-refractivity contribution < 1.29 is 31.1 Å². The summed E-state index contributed by atoms with van der Waals surface area (Å²) in [7, 11) is 0.0511. The lowest BCUT2D eigenvalue weighted by Crippen LogP contribution is -2.29. The Morgan fingerprint density at radius 3 is 2.53 bits per heavy atom. The Morgan fingerprint density at radius 2 is 1.82 bits per heavy atom. The highest BCUT2D eigenvalue weighted by atomic mass is 32.2. The molecule has 3 aromatic carbocycles. The SMILES string of the molecule is CN(C)CCOc1ccc(C(F)(F)F)cc1C1(C(=O)Nc2ccc(-c3cnc4nc3NCCCNS(=O)(=O)c3cccc(c3)N4)cc2)CC1. The molecule has 1 amide bonds. The van der Waals surface area contributed by atoms with Crippen LogP contribution in [0.1, 0.15) is 30.4 Å². The molecule has 49 heavy (non-hydrogen) atoms. The summed E-state index contributed by atoms with van der Waals surface area (Å²) in [5.41, 5.74) is 0.654. The Morgan fingerprint density at radius 1 is 1.04 bits per heavy atom. The molecule has 258 valence electrons. The van der Waals surface area contributed by atoms with Gasteiger partial charge in [-0.25, -0.2) is 18.1 Å². The van der Waals surface area contributed by atoms with Gasteiger partial charge in [-0.15, -0.1) is 0 Å². The van der Waals surface area contributed by atoms with Crippen LogP contribution in [-0.4, -0.2) is 69.5 Å². The van der Waals surface area contributed by atoms with E-state index in [0.29, 0.717) is 55.1 Å². The maximum absolute atomic E-state index is 13.7. The van der Waals surface area contributed by atoms with Gasteiger partial charge in [-0.1, -0.05) is 18.2 Å². The van der Waals surface area contributed by atoms with Gasteiger partial charge in [-0.3, -0.25) is 4.79 Å². The van der Waals surface area contributed by atoms with Crippen molar-refractivity contribution in [3.8, 4) is 16.9 Å². The standard InChI is InChI=1S/C34H36F3N7O4S/c1-44(2)17-18-48-29-12-9-23(34(35,36)37)19-28(29)33(13-14-33)31(45)41-24-10-7-22(8-11-24)27-21-39-32-42-25-5-3-6-26(20-25)49(46,47)40-16-4-15-38-30(27)43-32/h3,5-12,19-21,40H,4,13-18H2,1-2H3,(H,41,45)(H2,38,39,42,43). The summed E-state index contributed by atoms with van der Waals surface area (Å²) in [6, 6.07) is 16.7. The minimum atomic E-state index is -4.57. The van der Waals surface area contributed by atoms with E-state index in [2.05, 4.69) is 30.6 Å². The van der Waals surface area contributed by atoms with Crippen molar-refractivity contribution in [1.29, 1.82) is 0 Å². The summed E-state index contributed by atoms with van der Waals surface area (Å²) in [5.74, 6) is 0.653. The van der Waals surface area contributed by atoms with Crippen LogP contribution in [0.25, 0.3) is 11.1 Å². The van der Waals surface area contributed by atoms with Crippen molar-refractivity contribution in [2.24, 2.45) is 0 Å². The molecular weight excluding hydrogens is 659 g/mol. The number of benzene rings is 3. The van der Waals surface area contributed by atoms with Gasteiger partial charge in [0.1, 0.15) is 18.2 Å². The molecule has 1 aliphatic carbocycles. The van der Waals surface area contributed by atoms with Gasteiger partial charge in [0.15, 0.2) is 0 Å². The number of alkyl halides is 3. The van der Waals surface area contributed by atoms with Crippen LogP contribution in [-0.2, 0) is 26.4 Å². The molecule has 0 atom stereocenters. The number of nitrogens with one attached hydrogen (secondary N) is 4. The number of anilines is 4. The van der Waals surface area contributed by atoms with E-state index in [9.17, 15) is 26.4 Å². The number of ether oxygens (including phenoxy) is 1. The lowest BCUT2D eigenvalue weighted by molar-refractivity contribution is -0.137. The number of carbonyl (C=O) groups is 1. The molecule has 0 spiro atoms. The highest BCUT2D eigenvalue weighted by Gasteiger charge is 2.53. The van der Waals surface area contributed by atoms with Crippen LogP contribution in [0.3, 0.4) is 0 Å². The summed E-state index contributed by atoms with van der Waals surface area (Å²) < 4.78 is 74.9. The Bertz CT molecular complexity index is 1950. The van der Waals surface area contributed by atoms with Gasteiger partial charge in [-0.05, 0) is 87.5 Å². The van der Waals surface area contributed by atoms with Crippen molar-refractivity contribution in [2.45, 2.75) is 35.7 Å². The van der Waals surface area contributed by atoms with E-state index in [0.717, 1.165) is 17.7 Å². The number of halogens is 3. The van der Waals surface area contributed by atoms with Crippen molar-refractivity contribution in [2.75, 3.05) is 56.3 Å². The van der Waals surface area contributed by atoms with Gasteiger partial charge in [0.2, 0.25) is 21.9 Å². The molecule has 4 aromatic rings. The molecule has 11 nitrogen and oxygen atoms in total. The van der Waals surface area contributed by atoms with Crippen molar-refractivity contribution in [3.63, 3.8) is 0 Å². The van der Waals surface area contributed by atoms with Gasteiger partial charge < -0.3 is 25.6 Å². The lowest BCUT2D eigenvalue weighted by atomic mass is 9.92. The van der Waals surface area contributed by atoms with E-state index in [1.165, 1.54) is 18.2 Å². The van der Waals surface area contributed by atoms with Crippen LogP contribution >= 0.6 is 0 Å². The monoisotopic (exact) mass is 695 g/mol. The molecule has 4 N–H and O–H groups in total. The molecule has 1 saturated carbocycles. The summed E-state index contributed by atoms with van der Waals surface area (Å²) >= 11 is 0. The van der Waals surface area contributed by atoms with E-state index in [4.69, 9.17) is 4.74 Å². The van der Waals surface area contributed by atoms with Crippen LogP contribution in [0.5, 0.6) is 5.75 Å². The van der Waals surface area contributed by atoms with Crippen LogP contribution in [0.4, 0.5) is 36.3 Å². The smallest absolute Gasteiger partial charge is 0.416 e. The second kappa shape index (κ2) is 13.6. The fourth-order valence-electron chi connectivity index (χ4n) is 5.52. The first kappa shape index (κ1) is 34.1. The Balaban J connectivity index is 1.22. The molecule has 1 aliphatic heterocycles. The number of amides is 1. The zero-order chi connectivity index (χ0) is 34.8. The molecule has 2 aliphatic rings. The van der Waals surface area contributed by atoms with Crippen molar-refractivity contribution >= 4 is 39.1 Å². The number of hydrogen-bond donors (Lipinski definition) is 4. The predicted octanol–water partition coefficient (Wildman–Crippen LogP) is 5.61. The molecule has 2 heterocycles. The number of fused-ring (bicyclic) bond motifs is 4. The first-order valence-electron chi connectivity index (χ1n) is 15.7. The number of nitrogens with zero attached hydrogens (tertiary/aromatic N) is 3. The van der Waals surface area contributed by atoms with Gasteiger partial charge >= 0.3 is 6.18 Å². The normalized spacial score (nSPS) is 16.6.